The summed E-state index contributed by atoms with van der Waals surface area (Å²) in [5.74, 6) is -1.94. The maximum absolute atomic E-state index is 14.5. The number of nitrogens with zero attached hydrogens (tertiary/aromatic N) is 1. The maximum atomic E-state index is 14.5. The summed E-state index contributed by atoms with van der Waals surface area (Å²) in [6.07, 6.45) is 0.461. The highest BCUT2D eigenvalue weighted by atomic mass is 16.2. The number of hydrogen-bond donors (Lipinski definition) is 0. The van der Waals surface area contributed by atoms with Gasteiger partial charge in [0.25, 0.3) is 0 Å². The number of Topliss-reactive ketones (excluding diaryl/α,β-unsaturated/α-hetero) is 1. The van der Waals surface area contributed by atoms with Crippen LogP contribution in [0.4, 0.5) is 5.69 Å². The Hall–Kier alpha value is -3.79. The lowest BCUT2D eigenvalue weighted by molar-refractivity contribution is -0.134. The molecule has 4 heteroatoms. The number of ketones is 1. The van der Waals surface area contributed by atoms with E-state index in [9.17, 15) is 14.4 Å². The molecule has 2 aliphatic carbocycles. The number of anilines is 1. The van der Waals surface area contributed by atoms with Gasteiger partial charge in [-0.15, -0.1) is 0 Å². The van der Waals surface area contributed by atoms with Crippen molar-refractivity contribution in [1.29, 1.82) is 0 Å². The molecule has 0 radical (unpaired) electrons. The van der Waals surface area contributed by atoms with Crippen molar-refractivity contribution < 1.29 is 14.4 Å². The molecule has 0 spiro atoms. The first-order chi connectivity index (χ1) is 17.3. The second-order valence-corrected chi connectivity index (χ2v) is 10.6. The van der Waals surface area contributed by atoms with Crippen LogP contribution in [0.25, 0.3) is 11.1 Å². The first-order valence-corrected chi connectivity index (χ1v) is 12.6. The smallest absolute Gasteiger partial charge is 0.239 e. The molecule has 4 atom stereocenters. The molecule has 6 rings (SSSR count). The predicted octanol–water partition coefficient (Wildman–Crippen LogP) is 6.02. The molecule has 36 heavy (non-hydrogen) atoms. The Balaban J connectivity index is 1.65. The third-order valence-electron chi connectivity index (χ3n) is 8.84. The molecule has 0 N–H and O–H groups in total. The Labute approximate surface area is 211 Å². The van der Waals surface area contributed by atoms with Crippen molar-refractivity contribution >= 4 is 34.4 Å². The van der Waals surface area contributed by atoms with E-state index in [1.54, 1.807) is 0 Å². The number of fused-ring (bicyclic) bond motifs is 5. The number of hydrogen-bond acceptors (Lipinski definition) is 3. The van der Waals surface area contributed by atoms with Gasteiger partial charge < -0.3 is 0 Å². The topological polar surface area (TPSA) is 54.5 Å². The Morgan fingerprint density at radius 1 is 0.750 bits per heavy atom. The molecule has 4 nitrogen and oxygen atoms in total. The minimum Gasteiger partial charge on any atom is -0.298 e. The van der Waals surface area contributed by atoms with E-state index >= 15 is 0 Å². The number of benzene rings is 3. The third-order valence-corrected chi connectivity index (χ3v) is 8.84. The maximum Gasteiger partial charge on any atom is 0.239 e. The molecular weight excluding hydrogens is 446 g/mol. The summed E-state index contributed by atoms with van der Waals surface area (Å²) < 4.78 is 0. The van der Waals surface area contributed by atoms with Crippen molar-refractivity contribution in [3.63, 3.8) is 0 Å². The van der Waals surface area contributed by atoms with Gasteiger partial charge in [-0.25, -0.2) is 4.90 Å². The Kier molecular flexibility index (Phi) is 4.79. The molecule has 3 aromatic carbocycles. The van der Waals surface area contributed by atoms with Gasteiger partial charge in [0.1, 0.15) is 0 Å². The van der Waals surface area contributed by atoms with Gasteiger partial charge in [0.15, 0.2) is 5.78 Å². The van der Waals surface area contributed by atoms with E-state index in [-0.39, 0.29) is 17.6 Å². The highest BCUT2D eigenvalue weighted by Crippen LogP contribution is 2.74. The van der Waals surface area contributed by atoms with Gasteiger partial charge in [0.2, 0.25) is 11.8 Å². The van der Waals surface area contributed by atoms with Crippen molar-refractivity contribution in [2.45, 2.75) is 34.1 Å². The van der Waals surface area contributed by atoms with Gasteiger partial charge in [-0.05, 0) is 66.7 Å². The van der Waals surface area contributed by atoms with Crippen LogP contribution in [-0.2, 0) is 14.4 Å². The molecule has 1 heterocycles. The van der Waals surface area contributed by atoms with Gasteiger partial charge in [-0.3, -0.25) is 14.4 Å². The Bertz CT molecular complexity index is 1470. The molecule has 1 aliphatic heterocycles. The standard InChI is InChI=1S/C32H29NO3/c1-5-32-25(22-14-10-7-11-15-22)24(21-12-8-6-9-13-21)31(4,30(32)36)26-27(32)29(35)33(28(26)34)23-18-19(2)16-17-20(23)3/h6-18,26-27H,5H2,1-4H3/t26-,27+,31-,32+/m0/s1. The number of imide groups is 1. The zero-order valence-electron chi connectivity index (χ0n) is 21.0. The SMILES string of the molecule is CC[C@@]12C(=O)[C@@](C)(C(c3ccccc3)=C1c1ccccc1)[C@@H]1C(=O)N(c3cc(C)ccc3C)C(=O)[C@@H]12. The molecule has 3 aliphatic rings. The van der Waals surface area contributed by atoms with E-state index in [4.69, 9.17) is 0 Å². The van der Waals surface area contributed by atoms with Gasteiger partial charge in [0.05, 0.1) is 28.4 Å². The molecule has 1 saturated carbocycles. The highest BCUT2D eigenvalue weighted by molar-refractivity contribution is 6.34. The largest absolute Gasteiger partial charge is 0.298 e. The summed E-state index contributed by atoms with van der Waals surface area (Å²) in [5, 5.41) is 0. The zero-order valence-corrected chi connectivity index (χ0v) is 21.0. The molecule has 0 aromatic heterocycles. The van der Waals surface area contributed by atoms with Crippen LogP contribution in [0.1, 0.15) is 42.5 Å². The lowest BCUT2D eigenvalue weighted by atomic mass is 9.62. The first kappa shape index (κ1) is 22.7. The Morgan fingerprint density at radius 3 is 1.89 bits per heavy atom. The second kappa shape index (κ2) is 7.60. The van der Waals surface area contributed by atoms with Crippen molar-refractivity contribution in [3.05, 3.63) is 101 Å². The summed E-state index contributed by atoms with van der Waals surface area (Å²) >= 11 is 0. The lowest BCUT2D eigenvalue weighted by Gasteiger charge is -2.37. The van der Waals surface area contributed by atoms with Crippen LogP contribution in [0.2, 0.25) is 0 Å². The van der Waals surface area contributed by atoms with Gasteiger partial charge in [-0.2, -0.15) is 0 Å². The third kappa shape index (κ3) is 2.57. The predicted molar refractivity (Wildman–Crippen MR) is 141 cm³/mol. The fourth-order valence-electron chi connectivity index (χ4n) is 7.32. The zero-order chi connectivity index (χ0) is 25.4. The van der Waals surface area contributed by atoms with Crippen LogP contribution in [0.3, 0.4) is 0 Å². The highest BCUT2D eigenvalue weighted by Gasteiger charge is 2.79. The van der Waals surface area contributed by atoms with Crippen molar-refractivity contribution in [2.24, 2.45) is 22.7 Å². The van der Waals surface area contributed by atoms with Crippen LogP contribution < -0.4 is 4.90 Å². The first-order valence-electron chi connectivity index (χ1n) is 12.6. The quantitative estimate of drug-likeness (QED) is 0.434. The molecular formula is C32H29NO3. The lowest BCUT2D eigenvalue weighted by Crippen LogP contribution is -2.41. The number of carbonyl (C=O) groups is 3. The summed E-state index contributed by atoms with van der Waals surface area (Å²) in [5.41, 5.74) is 4.03. The molecule has 2 amide bonds. The monoisotopic (exact) mass is 475 g/mol. The fraction of sp³-hybridized carbons (Fsp3) is 0.281. The van der Waals surface area contributed by atoms with Gasteiger partial charge >= 0.3 is 0 Å². The van der Waals surface area contributed by atoms with Crippen LogP contribution in [-0.4, -0.2) is 17.6 Å². The van der Waals surface area contributed by atoms with Gasteiger partial charge in [-0.1, -0.05) is 79.7 Å². The van der Waals surface area contributed by atoms with Crippen LogP contribution >= 0.6 is 0 Å². The van der Waals surface area contributed by atoms with Crippen LogP contribution in [0.15, 0.2) is 78.9 Å². The molecule has 180 valence electrons. The number of amides is 2. The summed E-state index contributed by atoms with van der Waals surface area (Å²) in [6.45, 7) is 7.76. The Morgan fingerprint density at radius 2 is 1.31 bits per heavy atom. The minimum atomic E-state index is -1.09. The number of aryl methyl sites for hydroxylation is 2. The van der Waals surface area contributed by atoms with E-state index in [0.717, 1.165) is 33.4 Å². The summed E-state index contributed by atoms with van der Waals surface area (Å²) in [7, 11) is 0. The average molecular weight is 476 g/mol. The van der Waals surface area contributed by atoms with Crippen LogP contribution in [0.5, 0.6) is 0 Å². The van der Waals surface area contributed by atoms with Gasteiger partial charge in [0, 0.05) is 0 Å². The molecule has 2 bridgehead atoms. The number of rotatable bonds is 4. The normalized spacial score (nSPS) is 28.9. The minimum absolute atomic E-state index is 0.00696. The van der Waals surface area contributed by atoms with Crippen molar-refractivity contribution in [3.8, 4) is 0 Å². The van der Waals surface area contributed by atoms with E-state index in [0.29, 0.717) is 12.1 Å². The van der Waals surface area contributed by atoms with Crippen molar-refractivity contribution in [2.75, 3.05) is 4.90 Å². The molecule has 3 aromatic rings. The molecule has 0 unspecified atom stereocenters. The van der Waals surface area contributed by atoms with Crippen LogP contribution in [0, 0.1) is 36.5 Å². The second-order valence-electron chi connectivity index (χ2n) is 10.6. The summed E-state index contributed by atoms with van der Waals surface area (Å²) in [4.78, 5) is 44.4. The van der Waals surface area contributed by atoms with E-state index in [1.165, 1.54) is 4.90 Å². The van der Waals surface area contributed by atoms with E-state index in [1.807, 2.05) is 107 Å². The summed E-state index contributed by atoms with van der Waals surface area (Å²) in [6, 6.07) is 25.7. The molecule has 2 fully saturated rings. The number of carbonyl (C=O) groups excluding carboxylic acids is 3. The van der Waals surface area contributed by atoms with E-state index in [2.05, 4.69) is 0 Å². The van der Waals surface area contributed by atoms with E-state index < -0.39 is 22.7 Å². The van der Waals surface area contributed by atoms with Crippen molar-refractivity contribution in [1.82, 2.24) is 0 Å². The average Bonchev–Trinajstić information content (AvgIpc) is 3.36. The number of allylic oxidation sites excluding steroid dienone is 2. The fourth-order valence-corrected chi connectivity index (χ4v) is 7.32. The molecule has 1 saturated heterocycles.